The quantitative estimate of drug-likeness (QED) is 0.134. The second-order valence-corrected chi connectivity index (χ2v) is 22.2. The Labute approximate surface area is 172 Å². The van der Waals surface area contributed by atoms with E-state index in [0.29, 0.717) is 0 Å². The largest absolute Gasteiger partial charge is 1.00 e. The predicted octanol–water partition coefficient (Wildman–Crippen LogP) is -2.73. The van der Waals surface area contributed by atoms with Gasteiger partial charge >= 0.3 is 155 Å². The third kappa shape index (κ3) is 23.1. The fourth-order valence-electron chi connectivity index (χ4n) is 0.941. The van der Waals surface area contributed by atoms with Gasteiger partial charge < -0.3 is 19.8 Å². The van der Waals surface area contributed by atoms with Crippen molar-refractivity contribution < 1.29 is 31.3 Å². The average molecular weight is 517 g/mol. The maximum absolute atomic E-state index is 5.95. The number of rotatable bonds is 3. The molecule has 13 heteroatoms. The van der Waals surface area contributed by atoms with Crippen molar-refractivity contribution in [3.8, 4) is 0 Å². The summed E-state index contributed by atoms with van der Waals surface area (Å²) in [5.74, 6) is 0.824. The van der Waals surface area contributed by atoms with Crippen molar-refractivity contribution in [3.63, 3.8) is 0 Å². The van der Waals surface area contributed by atoms with E-state index < -0.39 is 27.7 Å². The Morgan fingerprint density at radius 3 is 1.40 bits per heavy atom. The summed E-state index contributed by atoms with van der Waals surface area (Å²) >= 11 is -4.43. The van der Waals surface area contributed by atoms with E-state index in [4.69, 9.17) is 48.2 Å². The Bertz CT molecular complexity index is 225. The summed E-state index contributed by atoms with van der Waals surface area (Å²) in [6.45, 7) is 1.89. The standard InChI is InChI=1S/C6H15N4.CH3.6ClH.2Ga.Li/c1-6(7-9(2)3)8-10(4)5;;;;;;;;;;/h1-5H3;1H3;6*1H;;;/q2*-1;;;;;;;2*+3;+1/p-6. The van der Waals surface area contributed by atoms with Gasteiger partial charge in [0.15, 0.2) is 0 Å². The molecule has 0 aromatic rings. The fraction of sp³-hybridized carbons (Fsp3) is 0.714. The van der Waals surface area contributed by atoms with E-state index in [2.05, 4.69) is 5.10 Å². The third-order valence-corrected chi connectivity index (χ3v) is 5.74. The normalized spacial score (nSPS) is 9.05. The summed E-state index contributed by atoms with van der Waals surface area (Å²) in [6, 6.07) is 0. The minimum atomic E-state index is -2.36. The summed E-state index contributed by atoms with van der Waals surface area (Å²) in [6.07, 6.45) is 0. The van der Waals surface area contributed by atoms with Crippen molar-refractivity contribution in [3.05, 3.63) is 7.43 Å². The molecule has 0 aliphatic carbocycles. The molecule has 116 valence electrons. The molecule has 0 N–H and O–H groups in total. The number of hydrazine groups is 1. The van der Waals surface area contributed by atoms with Crippen molar-refractivity contribution in [1.82, 2.24) is 13.7 Å². The van der Waals surface area contributed by atoms with Gasteiger partial charge in [0.1, 0.15) is 0 Å². The van der Waals surface area contributed by atoms with Gasteiger partial charge in [-0.1, -0.05) is 0 Å². The topological polar surface area (TPSA) is 22.1 Å². The van der Waals surface area contributed by atoms with Crippen LogP contribution < -0.4 is 31.3 Å². The van der Waals surface area contributed by atoms with Crippen LogP contribution in [0.3, 0.4) is 0 Å². The predicted molar refractivity (Wildman–Crippen MR) is 89.5 cm³/mol. The number of amidine groups is 1. The van der Waals surface area contributed by atoms with Crippen LogP contribution in [0, 0.1) is 7.43 Å². The number of nitrogens with zero attached hydrogens (tertiary/aromatic N) is 4. The van der Waals surface area contributed by atoms with Gasteiger partial charge in [0.2, 0.25) is 0 Å². The minimum absolute atomic E-state index is 0. The van der Waals surface area contributed by atoms with Crippen molar-refractivity contribution >= 4 is 81.7 Å². The van der Waals surface area contributed by atoms with Crippen LogP contribution in [0.2, 0.25) is 0 Å². The van der Waals surface area contributed by atoms with E-state index in [0.717, 1.165) is 5.84 Å². The molecule has 0 aromatic carbocycles. The second-order valence-electron chi connectivity index (χ2n) is 3.21. The average Bonchev–Trinajstić information content (AvgIpc) is 1.97. The van der Waals surface area contributed by atoms with Gasteiger partial charge in [-0.3, -0.25) is 0 Å². The van der Waals surface area contributed by atoms with Crippen LogP contribution in [0.1, 0.15) is 6.92 Å². The van der Waals surface area contributed by atoms with Crippen LogP contribution in [0.5, 0.6) is 0 Å². The first-order valence-electron chi connectivity index (χ1n) is 4.49. The zero-order valence-electron chi connectivity index (χ0n) is 12.7. The van der Waals surface area contributed by atoms with Gasteiger partial charge in [-0.2, -0.15) is 0 Å². The molecule has 0 aromatic heterocycles. The summed E-state index contributed by atoms with van der Waals surface area (Å²) in [7, 11) is 34.4. The molecule has 0 saturated carbocycles. The van der Waals surface area contributed by atoms with Gasteiger partial charge in [-0.05, 0) is 0 Å². The van der Waals surface area contributed by atoms with E-state index in [1.165, 1.54) is 0 Å². The van der Waals surface area contributed by atoms with Crippen LogP contribution in [-0.4, -0.2) is 75.4 Å². The zero-order chi connectivity index (χ0) is 14.2. The number of hydrogen-bond donors (Lipinski definition) is 0. The van der Waals surface area contributed by atoms with E-state index in [-0.39, 0.29) is 38.7 Å². The summed E-state index contributed by atoms with van der Waals surface area (Å²) in [5.41, 5.74) is 0. The molecule has 0 aliphatic heterocycles. The molecule has 0 saturated heterocycles. The molecule has 20 heavy (non-hydrogen) atoms. The first-order chi connectivity index (χ1) is 7.59. The Morgan fingerprint density at radius 2 is 1.25 bits per heavy atom. The first-order valence-corrected chi connectivity index (χ1v) is 21.5. The molecule has 0 radical (unpaired) electrons. The van der Waals surface area contributed by atoms with Crippen molar-refractivity contribution in [2.24, 2.45) is 5.10 Å². The SMILES string of the molecule is C/C(=N/N(C)C)[N](N(C)C)[Ga]([Cl])[Cl].[CH3-].[Cl-].[Cl][Ga]([Cl])[Cl].[Li+]. The van der Waals surface area contributed by atoms with Crippen LogP contribution in [0.4, 0.5) is 0 Å². The molecule has 0 heterocycles. The minimum Gasteiger partial charge on any atom is 1.00 e. The maximum atomic E-state index is 5.95. The number of hydrazone groups is 1. The van der Waals surface area contributed by atoms with E-state index in [1.54, 1.807) is 5.01 Å². The van der Waals surface area contributed by atoms with E-state index in [9.17, 15) is 0 Å². The zero-order valence-corrected chi connectivity index (χ0v) is 22.1. The van der Waals surface area contributed by atoms with Gasteiger partial charge in [-0.15, -0.1) is 0 Å². The number of hydrogen-bond acceptors (Lipinski definition) is 3. The molecule has 0 aliphatic rings. The van der Waals surface area contributed by atoms with Gasteiger partial charge in [0.25, 0.3) is 0 Å². The van der Waals surface area contributed by atoms with Crippen LogP contribution in [0.25, 0.3) is 0 Å². The summed E-state index contributed by atoms with van der Waals surface area (Å²) in [5, 5.41) is 7.83. The molecule has 0 spiro atoms. The molecular formula is C7H18Cl6Ga2LiN4-. The Balaban J connectivity index is -0.0000000951. The van der Waals surface area contributed by atoms with Gasteiger partial charge in [-0.25, -0.2) is 0 Å². The molecule has 0 unspecified atom stereocenters. The molecule has 0 atom stereocenters. The van der Waals surface area contributed by atoms with E-state index in [1.807, 2.05) is 43.8 Å². The van der Waals surface area contributed by atoms with Crippen molar-refractivity contribution in [2.75, 3.05) is 28.2 Å². The monoisotopic (exact) mass is 513 g/mol. The molecule has 0 fully saturated rings. The summed E-state index contributed by atoms with van der Waals surface area (Å²) in [4.78, 5) is 0. The number of halogens is 6. The summed E-state index contributed by atoms with van der Waals surface area (Å²) < 4.78 is 1.86. The van der Waals surface area contributed by atoms with Crippen LogP contribution in [-0.2, 0) is 0 Å². The third-order valence-electron chi connectivity index (χ3n) is 1.29. The van der Waals surface area contributed by atoms with Crippen molar-refractivity contribution in [2.45, 2.75) is 6.92 Å². The van der Waals surface area contributed by atoms with Crippen LogP contribution in [0.15, 0.2) is 5.10 Å². The van der Waals surface area contributed by atoms with Gasteiger partial charge in [0, 0.05) is 0 Å². The molecule has 4 nitrogen and oxygen atoms in total. The fourth-order valence-corrected chi connectivity index (χ4v) is 5.66. The molecular weight excluding hydrogens is 499 g/mol. The maximum Gasteiger partial charge on any atom is 1.00 e. The Kier molecular flexibility index (Phi) is 34.0. The molecule has 0 amide bonds. The second kappa shape index (κ2) is 19.9. The Hall–Kier alpha value is 2.84. The molecule has 0 rings (SSSR count). The van der Waals surface area contributed by atoms with Crippen molar-refractivity contribution in [1.29, 1.82) is 0 Å². The molecule has 0 bridgehead atoms. The Morgan fingerprint density at radius 1 is 0.950 bits per heavy atom. The first kappa shape index (κ1) is 34.2. The van der Waals surface area contributed by atoms with Gasteiger partial charge in [0.05, 0.1) is 0 Å². The smallest absolute Gasteiger partial charge is 1.00 e. The van der Waals surface area contributed by atoms with E-state index >= 15 is 0 Å². The van der Waals surface area contributed by atoms with Crippen LogP contribution >= 0.6 is 48.2 Å².